The summed E-state index contributed by atoms with van der Waals surface area (Å²) in [6, 6.07) is 18.3. The Bertz CT molecular complexity index is 906. The fraction of sp³-hybridized carbons (Fsp3) is 0.304. The molecule has 3 heterocycles. The minimum atomic E-state index is -0.0343. The lowest BCUT2D eigenvalue weighted by molar-refractivity contribution is 0.0934. The normalized spacial score (nSPS) is 15.3. The Morgan fingerprint density at radius 1 is 1.00 bits per heavy atom. The standard InChI is InChI=1S/C23H26N4OS/c28-23(20-8-9-24-21(17-20)22-7-4-16-29-22)25-10-11-26-12-14-27(15-13-26)18-19-5-2-1-3-6-19/h1-9,16-17H,10-15,18H2,(H,25,28). The highest BCUT2D eigenvalue weighted by Gasteiger charge is 2.17. The number of thiophene rings is 1. The summed E-state index contributed by atoms with van der Waals surface area (Å²) in [4.78, 5) is 22.9. The number of nitrogens with zero attached hydrogens (tertiary/aromatic N) is 3. The SMILES string of the molecule is O=C(NCCN1CCN(Cc2ccccc2)CC1)c1ccnc(-c2cccs2)c1. The summed E-state index contributed by atoms with van der Waals surface area (Å²) < 4.78 is 0. The first kappa shape index (κ1) is 19.8. The van der Waals surface area contributed by atoms with Gasteiger partial charge in [-0.05, 0) is 29.1 Å². The third-order valence-corrected chi connectivity index (χ3v) is 6.12. The molecule has 2 aromatic heterocycles. The van der Waals surface area contributed by atoms with E-state index in [9.17, 15) is 4.79 Å². The fourth-order valence-electron chi connectivity index (χ4n) is 3.57. The number of nitrogens with one attached hydrogen (secondary N) is 1. The lowest BCUT2D eigenvalue weighted by atomic mass is 10.2. The predicted molar refractivity (Wildman–Crippen MR) is 118 cm³/mol. The molecule has 150 valence electrons. The van der Waals surface area contributed by atoms with Gasteiger partial charge in [0.05, 0.1) is 10.6 Å². The first-order valence-electron chi connectivity index (χ1n) is 10.0. The monoisotopic (exact) mass is 406 g/mol. The summed E-state index contributed by atoms with van der Waals surface area (Å²) in [5.74, 6) is -0.0343. The zero-order chi connectivity index (χ0) is 19.9. The summed E-state index contributed by atoms with van der Waals surface area (Å²) in [5.41, 5.74) is 2.88. The number of aromatic nitrogens is 1. The Hall–Kier alpha value is -2.54. The Labute approximate surface area is 176 Å². The second-order valence-electron chi connectivity index (χ2n) is 7.27. The lowest BCUT2D eigenvalue weighted by Crippen LogP contribution is -2.48. The molecule has 1 aliphatic rings. The Morgan fingerprint density at radius 2 is 1.79 bits per heavy atom. The van der Waals surface area contributed by atoms with E-state index in [4.69, 9.17) is 0 Å². The van der Waals surface area contributed by atoms with Crippen LogP contribution in [0.1, 0.15) is 15.9 Å². The number of carbonyl (C=O) groups is 1. The van der Waals surface area contributed by atoms with Crippen LogP contribution in [-0.2, 0) is 6.54 Å². The van der Waals surface area contributed by atoms with Crippen molar-refractivity contribution in [1.82, 2.24) is 20.1 Å². The van der Waals surface area contributed by atoms with Gasteiger partial charge in [-0.15, -0.1) is 11.3 Å². The van der Waals surface area contributed by atoms with E-state index in [1.807, 2.05) is 23.6 Å². The molecule has 0 atom stereocenters. The van der Waals surface area contributed by atoms with Gasteiger partial charge in [-0.25, -0.2) is 0 Å². The van der Waals surface area contributed by atoms with Crippen LogP contribution in [0.5, 0.6) is 0 Å². The third-order valence-electron chi connectivity index (χ3n) is 5.22. The van der Waals surface area contributed by atoms with E-state index in [1.165, 1.54) is 5.56 Å². The highest BCUT2D eigenvalue weighted by Crippen LogP contribution is 2.23. The molecule has 0 aliphatic carbocycles. The zero-order valence-corrected chi connectivity index (χ0v) is 17.3. The second kappa shape index (κ2) is 9.78. The molecule has 1 saturated heterocycles. The molecule has 3 aromatic rings. The van der Waals surface area contributed by atoms with Crippen LogP contribution in [0.15, 0.2) is 66.2 Å². The highest BCUT2D eigenvalue weighted by atomic mass is 32.1. The molecule has 29 heavy (non-hydrogen) atoms. The van der Waals surface area contributed by atoms with E-state index in [0.717, 1.165) is 49.8 Å². The zero-order valence-electron chi connectivity index (χ0n) is 16.5. The van der Waals surface area contributed by atoms with Gasteiger partial charge in [-0.2, -0.15) is 0 Å². The summed E-state index contributed by atoms with van der Waals surface area (Å²) in [5, 5.41) is 5.07. The molecule has 0 unspecified atom stereocenters. The predicted octanol–water partition coefficient (Wildman–Crippen LogP) is 3.36. The molecule has 0 spiro atoms. The summed E-state index contributed by atoms with van der Waals surface area (Å²) in [6.07, 6.45) is 1.70. The van der Waals surface area contributed by atoms with Crippen LogP contribution in [0, 0.1) is 0 Å². The molecular formula is C23H26N4OS. The van der Waals surface area contributed by atoms with Gasteiger partial charge in [0.2, 0.25) is 0 Å². The van der Waals surface area contributed by atoms with Crippen molar-refractivity contribution in [3.63, 3.8) is 0 Å². The average Bonchev–Trinajstić information content (AvgIpc) is 3.31. The molecule has 5 nitrogen and oxygen atoms in total. The van der Waals surface area contributed by atoms with Gasteiger partial charge in [-0.1, -0.05) is 36.4 Å². The van der Waals surface area contributed by atoms with Crippen LogP contribution in [0.25, 0.3) is 10.6 Å². The molecule has 4 rings (SSSR count). The number of benzene rings is 1. The molecule has 0 bridgehead atoms. The van der Waals surface area contributed by atoms with Crippen LogP contribution in [0.3, 0.4) is 0 Å². The Balaban J connectivity index is 1.20. The molecular weight excluding hydrogens is 380 g/mol. The number of hydrogen-bond donors (Lipinski definition) is 1. The van der Waals surface area contributed by atoms with Crippen molar-refractivity contribution in [3.8, 4) is 10.6 Å². The van der Waals surface area contributed by atoms with Gasteiger partial charge in [0, 0.05) is 57.6 Å². The minimum Gasteiger partial charge on any atom is -0.351 e. The van der Waals surface area contributed by atoms with Gasteiger partial charge in [0.25, 0.3) is 5.91 Å². The number of carbonyl (C=O) groups excluding carboxylic acids is 1. The average molecular weight is 407 g/mol. The molecule has 0 radical (unpaired) electrons. The van der Waals surface area contributed by atoms with Crippen LogP contribution >= 0.6 is 11.3 Å². The smallest absolute Gasteiger partial charge is 0.251 e. The van der Waals surface area contributed by atoms with Gasteiger partial charge in [0.15, 0.2) is 0 Å². The van der Waals surface area contributed by atoms with Crippen molar-refractivity contribution < 1.29 is 4.79 Å². The summed E-state index contributed by atoms with van der Waals surface area (Å²) in [7, 11) is 0. The van der Waals surface area contributed by atoms with Gasteiger partial charge in [0.1, 0.15) is 0 Å². The van der Waals surface area contributed by atoms with Crippen LogP contribution in [-0.4, -0.2) is 60.0 Å². The number of hydrogen-bond acceptors (Lipinski definition) is 5. The van der Waals surface area contributed by atoms with Crippen LogP contribution in [0.2, 0.25) is 0 Å². The van der Waals surface area contributed by atoms with E-state index in [2.05, 4.69) is 50.4 Å². The molecule has 6 heteroatoms. The molecule has 0 saturated carbocycles. The van der Waals surface area contributed by atoms with E-state index < -0.39 is 0 Å². The summed E-state index contributed by atoms with van der Waals surface area (Å²) >= 11 is 1.63. The largest absolute Gasteiger partial charge is 0.351 e. The van der Waals surface area contributed by atoms with Gasteiger partial charge >= 0.3 is 0 Å². The highest BCUT2D eigenvalue weighted by molar-refractivity contribution is 7.13. The van der Waals surface area contributed by atoms with Crippen LogP contribution in [0.4, 0.5) is 0 Å². The minimum absolute atomic E-state index is 0.0343. The molecule has 1 aromatic carbocycles. The number of piperazine rings is 1. The van der Waals surface area contributed by atoms with Gasteiger partial charge < -0.3 is 5.32 Å². The van der Waals surface area contributed by atoms with Gasteiger partial charge in [-0.3, -0.25) is 19.6 Å². The van der Waals surface area contributed by atoms with Crippen molar-refractivity contribution in [3.05, 3.63) is 77.3 Å². The number of rotatable bonds is 7. The number of pyridine rings is 1. The third kappa shape index (κ3) is 5.50. The number of amides is 1. The first-order valence-corrected chi connectivity index (χ1v) is 10.9. The maximum absolute atomic E-state index is 12.5. The maximum atomic E-state index is 12.5. The first-order chi connectivity index (χ1) is 14.3. The molecule has 1 aliphatic heterocycles. The van der Waals surface area contributed by atoms with E-state index in [-0.39, 0.29) is 5.91 Å². The second-order valence-corrected chi connectivity index (χ2v) is 8.21. The van der Waals surface area contributed by atoms with E-state index in [0.29, 0.717) is 12.1 Å². The molecule has 1 amide bonds. The Morgan fingerprint density at radius 3 is 2.55 bits per heavy atom. The topological polar surface area (TPSA) is 48.5 Å². The van der Waals surface area contributed by atoms with E-state index >= 15 is 0 Å². The van der Waals surface area contributed by atoms with Crippen molar-refractivity contribution >= 4 is 17.2 Å². The Kier molecular flexibility index (Phi) is 6.67. The van der Waals surface area contributed by atoms with Crippen molar-refractivity contribution in [2.45, 2.75) is 6.54 Å². The lowest BCUT2D eigenvalue weighted by Gasteiger charge is -2.34. The van der Waals surface area contributed by atoms with Crippen molar-refractivity contribution in [2.24, 2.45) is 0 Å². The van der Waals surface area contributed by atoms with E-state index in [1.54, 1.807) is 23.6 Å². The molecule has 1 N–H and O–H groups in total. The quantitative estimate of drug-likeness (QED) is 0.654. The van der Waals surface area contributed by atoms with Crippen molar-refractivity contribution in [1.29, 1.82) is 0 Å². The molecule has 1 fully saturated rings. The maximum Gasteiger partial charge on any atom is 0.251 e. The summed E-state index contributed by atoms with van der Waals surface area (Å²) in [6.45, 7) is 6.78. The fourth-order valence-corrected chi connectivity index (χ4v) is 4.27. The van der Waals surface area contributed by atoms with Crippen molar-refractivity contribution in [2.75, 3.05) is 39.3 Å². The van der Waals surface area contributed by atoms with Crippen LogP contribution < -0.4 is 5.32 Å².